The first-order valence-corrected chi connectivity index (χ1v) is 7.92. The molecule has 0 spiro atoms. The molecule has 0 radical (unpaired) electrons. The molecule has 0 saturated carbocycles. The number of thiophene rings is 1. The lowest BCUT2D eigenvalue weighted by Gasteiger charge is -2.16. The highest BCUT2D eigenvalue weighted by Gasteiger charge is 2.14. The molecule has 4 nitrogen and oxygen atoms in total. The molecule has 2 aromatic rings. The van der Waals surface area contributed by atoms with Crippen molar-refractivity contribution < 1.29 is 14.3 Å². The van der Waals surface area contributed by atoms with Crippen LogP contribution in [0.3, 0.4) is 0 Å². The summed E-state index contributed by atoms with van der Waals surface area (Å²) in [5, 5.41) is 1.96. The third-order valence-corrected chi connectivity index (χ3v) is 4.14. The van der Waals surface area contributed by atoms with Crippen LogP contribution in [-0.4, -0.2) is 30.4 Å². The van der Waals surface area contributed by atoms with Gasteiger partial charge >= 0.3 is 5.97 Å². The Morgan fingerprint density at radius 3 is 2.76 bits per heavy atom. The zero-order valence-electron chi connectivity index (χ0n) is 11.4. The maximum Gasteiger partial charge on any atom is 0.338 e. The van der Waals surface area contributed by atoms with Gasteiger partial charge in [0.1, 0.15) is 0 Å². The van der Waals surface area contributed by atoms with Gasteiger partial charge in [-0.15, -0.1) is 11.3 Å². The van der Waals surface area contributed by atoms with Gasteiger partial charge in [-0.25, -0.2) is 4.79 Å². The molecule has 1 aromatic carbocycles. The van der Waals surface area contributed by atoms with Crippen molar-refractivity contribution in [3.63, 3.8) is 0 Å². The molecule has 6 heteroatoms. The summed E-state index contributed by atoms with van der Waals surface area (Å²) in [6, 6.07) is 10.8. The maximum absolute atomic E-state index is 11.9. The molecular formula is C15H14BrNO3S. The maximum atomic E-state index is 11.9. The van der Waals surface area contributed by atoms with E-state index in [2.05, 4.69) is 15.9 Å². The lowest BCUT2D eigenvalue weighted by molar-refractivity contribution is -0.133. The lowest BCUT2D eigenvalue weighted by Crippen LogP contribution is -2.30. The van der Waals surface area contributed by atoms with E-state index in [0.29, 0.717) is 12.1 Å². The van der Waals surface area contributed by atoms with Crippen LogP contribution in [0.4, 0.5) is 0 Å². The van der Waals surface area contributed by atoms with Gasteiger partial charge in [0.05, 0.1) is 12.1 Å². The number of hydrogen-bond acceptors (Lipinski definition) is 4. The zero-order chi connectivity index (χ0) is 15.2. The SMILES string of the molecule is CN(Cc1cccs1)C(=O)COC(=O)c1cccc(Br)c1. The number of rotatable bonds is 5. The van der Waals surface area contributed by atoms with Crippen LogP contribution in [0.15, 0.2) is 46.3 Å². The molecule has 0 aliphatic rings. The van der Waals surface area contributed by atoms with Gasteiger partial charge in [0.2, 0.25) is 0 Å². The van der Waals surface area contributed by atoms with E-state index in [1.807, 2.05) is 23.6 Å². The van der Waals surface area contributed by atoms with Crippen LogP contribution < -0.4 is 0 Å². The zero-order valence-corrected chi connectivity index (χ0v) is 13.8. The van der Waals surface area contributed by atoms with Crippen molar-refractivity contribution in [1.29, 1.82) is 0 Å². The topological polar surface area (TPSA) is 46.6 Å². The van der Waals surface area contributed by atoms with Gasteiger partial charge in [-0.2, -0.15) is 0 Å². The van der Waals surface area contributed by atoms with E-state index < -0.39 is 5.97 Å². The van der Waals surface area contributed by atoms with E-state index in [1.165, 1.54) is 0 Å². The minimum Gasteiger partial charge on any atom is -0.452 e. The van der Waals surface area contributed by atoms with Crippen molar-refractivity contribution in [2.45, 2.75) is 6.54 Å². The van der Waals surface area contributed by atoms with Crippen molar-refractivity contribution in [1.82, 2.24) is 4.90 Å². The minimum atomic E-state index is -0.505. The summed E-state index contributed by atoms with van der Waals surface area (Å²) in [5.74, 6) is -0.735. The molecule has 0 aliphatic heterocycles. The van der Waals surface area contributed by atoms with Gasteiger partial charge in [0.25, 0.3) is 5.91 Å². The average Bonchev–Trinajstić information content (AvgIpc) is 2.97. The summed E-state index contributed by atoms with van der Waals surface area (Å²) in [7, 11) is 1.69. The van der Waals surface area contributed by atoms with Crippen LogP contribution in [0.2, 0.25) is 0 Å². The number of nitrogens with zero attached hydrogens (tertiary/aromatic N) is 1. The number of esters is 1. The minimum absolute atomic E-state index is 0.230. The number of hydrogen-bond donors (Lipinski definition) is 0. The number of ether oxygens (including phenoxy) is 1. The van der Waals surface area contributed by atoms with Crippen LogP contribution in [0.5, 0.6) is 0 Å². The average molecular weight is 368 g/mol. The highest BCUT2D eigenvalue weighted by Crippen LogP contribution is 2.13. The second-order valence-electron chi connectivity index (χ2n) is 4.42. The van der Waals surface area contributed by atoms with Crippen molar-refractivity contribution in [2.24, 2.45) is 0 Å². The predicted octanol–water partition coefficient (Wildman–Crippen LogP) is 3.33. The van der Waals surface area contributed by atoms with Crippen LogP contribution >= 0.6 is 27.3 Å². The van der Waals surface area contributed by atoms with E-state index in [4.69, 9.17) is 4.74 Å². The molecule has 1 amide bonds. The molecule has 0 unspecified atom stereocenters. The molecule has 110 valence electrons. The highest BCUT2D eigenvalue weighted by atomic mass is 79.9. The molecule has 0 N–H and O–H groups in total. The third-order valence-electron chi connectivity index (χ3n) is 2.79. The molecule has 0 bridgehead atoms. The first kappa shape index (κ1) is 15.7. The van der Waals surface area contributed by atoms with Crippen molar-refractivity contribution in [2.75, 3.05) is 13.7 Å². The van der Waals surface area contributed by atoms with E-state index in [-0.39, 0.29) is 12.5 Å². The second kappa shape index (κ2) is 7.38. The van der Waals surface area contributed by atoms with Gasteiger partial charge in [-0.1, -0.05) is 28.1 Å². The molecule has 2 rings (SSSR count). The molecule has 1 aromatic heterocycles. The number of likely N-dealkylation sites (N-methyl/N-ethyl adjacent to an activating group) is 1. The fraction of sp³-hybridized carbons (Fsp3) is 0.200. The van der Waals surface area contributed by atoms with E-state index in [9.17, 15) is 9.59 Å². The third kappa shape index (κ3) is 4.68. The first-order chi connectivity index (χ1) is 10.1. The molecule has 0 aliphatic carbocycles. The summed E-state index contributed by atoms with van der Waals surface area (Å²) in [6.07, 6.45) is 0. The van der Waals surface area contributed by atoms with Gasteiger partial charge in [0, 0.05) is 16.4 Å². The lowest BCUT2D eigenvalue weighted by atomic mass is 10.2. The molecule has 0 fully saturated rings. The first-order valence-electron chi connectivity index (χ1n) is 6.25. The number of carbonyl (C=O) groups excluding carboxylic acids is 2. The van der Waals surface area contributed by atoms with Gasteiger partial charge in [-0.3, -0.25) is 4.79 Å². The standard InChI is InChI=1S/C15H14BrNO3S/c1-17(9-13-6-3-7-21-13)14(18)10-20-15(19)11-4-2-5-12(16)8-11/h2-8H,9-10H2,1H3. The Balaban J connectivity index is 1.84. The molecule has 0 saturated heterocycles. The van der Waals surface area contributed by atoms with E-state index in [1.54, 1.807) is 41.5 Å². The number of halogens is 1. The Hall–Kier alpha value is -1.66. The fourth-order valence-electron chi connectivity index (χ4n) is 1.66. The van der Waals surface area contributed by atoms with Crippen LogP contribution in [-0.2, 0) is 16.1 Å². The Morgan fingerprint density at radius 1 is 1.29 bits per heavy atom. The van der Waals surface area contributed by atoms with Gasteiger partial charge in [-0.05, 0) is 29.6 Å². The predicted molar refractivity (Wildman–Crippen MR) is 85.2 cm³/mol. The van der Waals surface area contributed by atoms with Crippen molar-refractivity contribution in [3.05, 3.63) is 56.7 Å². The Labute approximate surface area is 135 Å². The van der Waals surface area contributed by atoms with Gasteiger partial charge < -0.3 is 9.64 Å². The fourth-order valence-corrected chi connectivity index (χ4v) is 2.82. The number of benzene rings is 1. The van der Waals surface area contributed by atoms with Crippen molar-refractivity contribution >= 4 is 39.1 Å². The quantitative estimate of drug-likeness (QED) is 0.761. The summed E-state index contributed by atoms with van der Waals surface area (Å²) < 4.78 is 5.83. The summed E-state index contributed by atoms with van der Waals surface area (Å²) in [6.45, 7) is 0.262. The highest BCUT2D eigenvalue weighted by molar-refractivity contribution is 9.10. The Bertz CT molecular complexity index is 628. The molecule has 21 heavy (non-hydrogen) atoms. The summed E-state index contributed by atoms with van der Waals surface area (Å²) in [4.78, 5) is 26.4. The van der Waals surface area contributed by atoms with Crippen LogP contribution in [0.25, 0.3) is 0 Å². The number of carbonyl (C=O) groups is 2. The van der Waals surface area contributed by atoms with Crippen LogP contribution in [0, 0.1) is 0 Å². The van der Waals surface area contributed by atoms with E-state index in [0.717, 1.165) is 9.35 Å². The molecule has 0 atom stereocenters. The summed E-state index contributed by atoms with van der Waals surface area (Å²) >= 11 is 4.87. The normalized spacial score (nSPS) is 10.2. The monoisotopic (exact) mass is 367 g/mol. The number of amides is 1. The molecule has 1 heterocycles. The summed E-state index contributed by atoms with van der Waals surface area (Å²) in [5.41, 5.74) is 0.415. The largest absolute Gasteiger partial charge is 0.452 e. The Morgan fingerprint density at radius 2 is 2.10 bits per heavy atom. The van der Waals surface area contributed by atoms with E-state index >= 15 is 0 Å². The second-order valence-corrected chi connectivity index (χ2v) is 6.36. The van der Waals surface area contributed by atoms with Crippen LogP contribution in [0.1, 0.15) is 15.2 Å². The van der Waals surface area contributed by atoms with Gasteiger partial charge in [0.15, 0.2) is 6.61 Å². The smallest absolute Gasteiger partial charge is 0.338 e. The van der Waals surface area contributed by atoms with Crippen molar-refractivity contribution in [3.8, 4) is 0 Å². The molecular weight excluding hydrogens is 354 g/mol. The Kier molecular flexibility index (Phi) is 5.52.